The van der Waals surface area contributed by atoms with Crippen molar-refractivity contribution in [2.75, 3.05) is 7.11 Å². The van der Waals surface area contributed by atoms with Crippen LogP contribution in [-0.4, -0.2) is 33.4 Å². The van der Waals surface area contributed by atoms with Crippen LogP contribution in [0.1, 0.15) is 37.2 Å². The fourth-order valence-electron chi connectivity index (χ4n) is 2.18. The molecule has 1 fully saturated rings. The molecule has 0 spiro atoms. The summed E-state index contributed by atoms with van der Waals surface area (Å²) in [6.45, 7) is 2.82. The Morgan fingerprint density at radius 1 is 1.35 bits per heavy atom. The Labute approximate surface area is 118 Å². The van der Waals surface area contributed by atoms with Gasteiger partial charge in [0.25, 0.3) is 0 Å². The van der Waals surface area contributed by atoms with Gasteiger partial charge in [0.2, 0.25) is 0 Å². The number of nitrogens with zero attached hydrogens (tertiary/aromatic N) is 4. The van der Waals surface area contributed by atoms with Crippen molar-refractivity contribution in [3.05, 3.63) is 35.7 Å². The number of methoxy groups -OCH3 is 1. The van der Waals surface area contributed by atoms with Crippen molar-refractivity contribution in [3.8, 4) is 5.75 Å². The van der Waals surface area contributed by atoms with E-state index in [1.54, 1.807) is 7.11 Å². The van der Waals surface area contributed by atoms with Crippen molar-refractivity contribution in [2.45, 2.75) is 38.4 Å². The molecule has 1 atom stereocenters. The van der Waals surface area contributed by atoms with Gasteiger partial charge in [-0.1, -0.05) is 12.1 Å². The maximum Gasteiger partial charge on any atom is 0.165 e. The molecule has 1 unspecified atom stereocenters. The molecule has 0 saturated heterocycles. The summed E-state index contributed by atoms with van der Waals surface area (Å²) in [6, 6.07) is 8.76. The zero-order valence-corrected chi connectivity index (χ0v) is 11.8. The quantitative estimate of drug-likeness (QED) is 0.865. The summed E-state index contributed by atoms with van der Waals surface area (Å²) in [5.74, 6) is 1.73. The number of hydrogen-bond acceptors (Lipinski definition) is 5. The molecular weight excluding hydrogens is 254 g/mol. The van der Waals surface area contributed by atoms with Gasteiger partial charge in [0.05, 0.1) is 19.7 Å². The van der Waals surface area contributed by atoms with Crippen LogP contribution < -0.4 is 10.1 Å². The van der Waals surface area contributed by atoms with Gasteiger partial charge in [-0.3, -0.25) is 0 Å². The van der Waals surface area contributed by atoms with Gasteiger partial charge < -0.3 is 10.1 Å². The first-order valence-electron chi connectivity index (χ1n) is 6.92. The molecule has 106 valence electrons. The van der Waals surface area contributed by atoms with Gasteiger partial charge >= 0.3 is 0 Å². The number of nitrogens with one attached hydrogen (secondary N) is 1. The van der Waals surface area contributed by atoms with Crippen LogP contribution in [0.5, 0.6) is 5.75 Å². The average Bonchev–Trinajstić information content (AvgIpc) is 3.21. The first-order chi connectivity index (χ1) is 9.78. The van der Waals surface area contributed by atoms with Gasteiger partial charge in [-0.05, 0) is 47.9 Å². The molecule has 0 radical (unpaired) electrons. The predicted octanol–water partition coefficient (Wildman–Crippen LogP) is 1.54. The third kappa shape index (κ3) is 2.80. The standard InChI is InChI=1S/C14H19N5O/c1-10(11-3-7-13(20-2)8-4-11)19-14(16-17-18-19)9-15-12-5-6-12/h3-4,7-8,10,12,15H,5-6,9H2,1-2H3. The lowest BCUT2D eigenvalue weighted by Gasteiger charge is -2.14. The van der Waals surface area contributed by atoms with Crippen molar-refractivity contribution in [1.29, 1.82) is 0 Å². The van der Waals surface area contributed by atoms with Crippen molar-refractivity contribution >= 4 is 0 Å². The molecule has 0 amide bonds. The summed E-state index contributed by atoms with van der Waals surface area (Å²) in [5.41, 5.74) is 1.16. The summed E-state index contributed by atoms with van der Waals surface area (Å²) in [4.78, 5) is 0. The largest absolute Gasteiger partial charge is 0.497 e. The molecular formula is C14H19N5O. The van der Waals surface area contributed by atoms with Crippen LogP contribution in [0.3, 0.4) is 0 Å². The Morgan fingerprint density at radius 2 is 2.10 bits per heavy atom. The van der Waals surface area contributed by atoms with Gasteiger partial charge in [0.1, 0.15) is 5.75 Å². The SMILES string of the molecule is COc1ccc(C(C)n2nnnc2CNC2CC2)cc1. The van der Waals surface area contributed by atoms with Crippen LogP contribution in [0.2, 0.25) is 0 Å². The van der Waals surface area contributed by atoms with Crippen LogP contribution in [0.25, 0.3) is 0 Å². The van der Waals surface area contributed by atoms with E-state index >= 15 is 0 Å². The molecule has 6 nitrogen and oxygen atoms in total. The molecule has 1 aliphatic carbocycles. The molecule has 3 rings (SSSR count). The van der Waals surface area contributed by atoms with E-state index in [9.17, 15) is 0 Å². The van der Waals surface area contributed by atoms with Crippen molar-refractivity contribution < 1.29 is 4.74 Å². The fourth-order valence-corrected chi connectivity index (χ4v) is 2.18. The number of rotatable bonds is 6. The number of aromatic nitrogens is 4. The third-order valence-corrected chi connectivity index (χ3v) is 3.65. The van der Waals surface area contributed by atoms with Gasteiger partial charge in [-0.15, -0.1) is 5.10 Å². The maximum atomic E-state index is 5.18. The second-order valence-electron chi connectivity index (χ2n) is 5.14. The van der Waals surface area contributed by atoms with Gasteiger partial charge in [-0.2, -0.15) is 0 Å². The fraction of sp³-hybridized carbons (Fsp3) is 0.500. The smallest absolute Gasteiger partial charge is 0.165 e. The van der Waals surface area contributed by atoms with Crippen LogP contribution in [-0.2, 0) is 6.54 Å². The molecule has 0 bridgehead atoms. The number of ether oxygens (including phenoxy) is 1. The molecule has 1 saturated carbocycles. The lowest BCUT2D eigenvalue weighted by Crippen LogP contribution is -2.21. The monoisotopic (exact) mass is 273 g/mol. The summed E-state index contributed by atoms with van der Waals surface area (Å²) in [6.07, 6.45) is 2.52. The lowest BCUT2D eigenvalue weighted by atomic mass is 10.1. The molecule has 6 heteroatoms. The van der Waals surface area contributed by atoms with Crippen LogP contribution in [0.15, 0.2) is 24.3 Å². The summed E-state index contributed by atoms with van der Waals surface area (Å²) < 4.78 is 7.05. The normalized spacial score (nSPS) is 16.1. The van der Waals surface area contributed by atoms with Crippen molar-refractivity contribution in [1.82, 2.24) is 25.5 Å². The van der Waals surface area contributed by atoms with E-state index < -0.39 is 0 Å². The maximum absolute atomic E-state index is 5.18. The van der Waals surface area contributed by atoms with E-state index in [1.807, 2.05) is 28.9 Å². The Balaban J connectivity index is 1.74. The summed E-state index contributed by atoms with van der Waals surface area (Å²) in [5, 5.41) is 15.5. The highest BCUT2D eigenvalue weighted by atomic mass is 16.5. The summed E-state index contributed by atoms with van der Waals surface area (Å²) in [7, 11) is 1.67. The minimum absolute atomic E-state index is 0.104. The lowest BCUT2D eigenvalue weighted by molar-refractivity contribution is 0.414. The van der Waals surface area contributed by atoms with E-state index in [-0.39, 0.29) is 6.04 Å². The highest BCUT2D eigenvalue weighted by Crippen LogP contribution is 2.22. The van der Waals surface area contributed by atoms with Crippen LogP contribution in [0, 0.1) is 0 Å². The van der Waals surface area contributed by atoms with Crippen LogP contribution >= 0.6 is 0 Å². The molecule has 1 aromatic heterocycles. The van der Waals surface area contributed by atoms with Gasteiger partial charge in [0, 0.05) is 6.04 Å². The topological polar surface area (TPSA) is 64.9 Å². The number of benzene rings is 1. The van der Waals surface area contributed by atoms with E-state index in [1.165, 1.54) is 12.8 Å². The van der Waals surface area contributed by atoms with Crippen molar-refractivity contribution in [3.63, 3.8) is 0 Å². The van der Waals surface area contributed by atoms with E-state index in [0.717, 1.165) is 23.7 Å². The van der Waals surface area contributed by atoms with Crippen LogP contribution in [0.4, 0.5) is 0 Å². The Hall–Kier alpha value is -1.95. The number of tetrazole rings is 1. The van der Waals surface area contributed by atoms with Crippen molar-refractivity contribution in [2.24, 2.45) is 0 Å². The second kappa shape index (κ2) is 5.58. The molecule has 1 aliphatic rings. The highest BCUT2D eigenvalue weighted by molar-refractivity contribution is 5.29. The molecule has 0 aliphatic heterocycles. The summed E-state index contributed by atoms with van der Waals surface area (Å²) >= 11 is 0. The molecule has 1 N–H and O–H groups in total. The molecule has 1 heterocycles. The Kier molecular flexibility index (Phi) is 3.64. The van der Waals surface area contributed by atoms with Gasteiger partial charge in [-0.25, -0.2) is 4.68 Å². The average molecular weight is 273 g/mol. The minimum Gasteiger partial charge on any atom is -0.497 e. The Bertz CT molecular complexity index is 561. The second-order valence-corrected chi connectivity index (χ2v) is 5.14. The van der Waals surface area contributed by atoms with E-state index in [0.29, 0.717) is 6.04 Å². The minimum atomic E-state index is 0.104. The molecule has 2 aromatic rings. The van der Waals surface area contributed by atoms with E-state index in [4.69, 9.17) is 4.74 Å². The molecule has 20 heavy (non-hydrogen) atoms. The van der Waals surface area contributed by atoms with Gasteiger partial charge in [0.15, 0.2) is 5.82 Å². The van der Waals surface area contributed by atoms with E-state index in [2.05, 4.69) is 27.8 Å². The zero-order chi connectivity index (χ0) is 13.9. The highest BCUT2D eigenvalue weighted by Gasteiger charge is 2.22. The third-order valence-electron chi connectivity index (χ3n) is 3.65. The first kappa shape index (κ1) is 13.1. The number of hydrogen-bond donors (Lipinski definition) is 1. The first-order valence-corrected chi connectivity index (χ1v) is 6.92. The molecule has 1 aromatic carbocycles. The Morgan fingerprint density at radius 3 is 2.75 bits per heavy atom. The predicted molar refractivity (Wildman–Crippen MR) is 74.5 cm³/mol. The zero-order valence-electron chi connectivity index (χ0n) is 11.8.